The van der Waals surface area contributed by atoms with Crippen LogP contribution in [0.15, 0.2) is 47.1 Å². The van der Waals surface area contributed by atoms with E-state index in [1.807, 2.05) is 6.07 Å². The third-order valence-corrected chi connectivity index (χ3v) is 4.89. The van der Waals surface area contributed by atoms with Crippen molar-refractivity contribution >= 4 is 17.5 Å². The number of halogens is 2. The monoisotopic (exact) mass is 386 g/mol. The zero-order valence-electron chi connectivity index (χ0n) is 14.3. The molecule has 1 aliphatic heterocycles. The van der Waals surface area contributed by atoms with E-state index in [-0.39, 0.29) is 16.5 Å². The molecule has 6 nitrogen and oxygen atoms in total. The van der Waals surface area contributed by atoms with Crippen LogP contribution in [0, 0.1) is 5.82 Å². The van der Waals surface area contributed by atoms with Crippen LogP contribution < -0.4 is 0 Å². The van der Waals surface area contributed by atoms with Gasteiger partial charge in [-0.3, -0.25) is 9.78 Å². The van der Waals surface area contributed by atoms with E-state index in [1.54, 1.807) is 23.2 Å². The molecule has 0 radical (unpaired) electrons. The highest BCUT2D eigenvalue weighted by atomic mass is 35.5. The van der Waals surface area contributed by atoms with Gasteiger partial charge in [0.05, 0.1) is 10.6 Å². The molecule has 1 atom stereocenters. The number of carbonyl (C=O) groups is 1. The van der Waals surface area contributed by atoms with Gasteiger partial charge in [0, 0.05) is 25.2 Å². The fourth-order valence-electron chi connectivity index (χ4n) is 3.23. The Morgan fingerprint density at radius 3 is 2.93 bits per heavy atom. The fraction of sp³-hybridized carbons (Fsp3) is 0.263. The van der Waals surface area contributed by atoms with Gasteiger partial charge in [0.2, 0.25) is 0 Å². The van der Waals surface area contributed by atoms with Gasteiger partial charge in [-0.2, -0.15) is 4.98 Å². The minimum absolute atomic E-state index is 0.0885. The van der Waals surface area contributed by atoms with Crippen molar-refractivity contribution < 1.29 is 13.7 Å². The molecular formula is C19H16ClFN4O2. The van der Waals surface area contributed by atoms with Crippen LogP contribution in [0.4, 0.5) is 4.39 Å². The van der Waals surface area contributed by atoms with E-state index < -0.39 is 11.7 Å². The molecule has 0 N–H and O–H groups in total. The number of rotatable bonds is 3. The van der Waals surface area contributed by atoms with Crippen molar-refractivity contribution in [1.82, 2.24) is 20.0 Å². The molecule has 1 fully saturated rings. The summed E-state index contributed by atoms with van der Waals surface area (Å²) in [6.07, 6.45) is 3.23. The highest BCUT2D eigenvalue weighted by Gasteiger charge is 2.30. The van der Waals surface area contributed by atoms with E-state index in [2.05, 4.69) is 15.1 Å². The highest BCUT2D eigenvalue weighted by Crippen LogP contribution is 2.29. The number of carbonyl (C=O) groups excluding carboxylic acids is 1. The molecule has 2 aromatic heterocycles. The molecule has 0 bridgehead atoms. The Labute approximate surface area is 160 Å². The molecule has 0 spiro atoms. The lowest BCUT2D eigenvalue weighted by Gasteiger charge is -2.31. The number of piperidine rings is 1. The Morgan fingerprint density at radius 1 is 1.26 bits per heavy atom. The van der Waals surface area contributed by atoms with Crippen LogP contribution >= 0.6 is 11.6 Å². The molecule has 1 saturated heterocycles. The molecule has 0 saturated carbocycles. The maximum Gasteiger partial charge on any atom is 0.276 e. The van der Waals surface area contributed by atoms with E-state index in [9.17, 15) is 9.18 Å². The number of aromatic nitrogens is 3. The van der Waals surface area contributed by atoms with Crippen LogP contribution in [-0.2, 0) is 0 Å². The number of pyridine rings is 1. The minimum Gasteiger partial charge on any atom is -0.338 e. The molecule has 0 unspecified atom stereocenters. The average Bonchev–Trinajstić information content (AvgIpc) is 3.19. The van der Waals surface area contributed by atoms with Gasteiger partial charge in [-0.25, -0.2) is 4.39 Å². The van der Waals surface area contributed by atoms with E-state index >= 15 is 0 Å². The second kappa shape index (κ2) is 7.44. The number of hydrogen-bond acceptors (Lipinski definition) is 5. The van der Waals surface area contributed by atoms with Crippen LogP contribution in [0.2, 0.25) is 5.02 Å². The number of nitrogens with zero attached hydrogens (tertiary/aromatic N) is 4. The lowest BCUT2D eigenvalue weighted by Crippen LogP contribution is -2.39. The summed E-state index contributed by atoms with van der Waals surface area (Å²) in [6.45, 7) is 0.912. The molecular weight excluding hydrogens is 371 g/mol. The summed E-state index contributed by atoms with van der Waals surface area (Å²) in [5.41, 5.74) is 0.500. The van der Waals surface area contributed by atoms with Crippen LogP contribution in [0.25, 0.3) is 11.6 Å². The second-order valence-corrected chi connectivity index (χ2v) is 6.77. The first-order valence-corrected chi connectivity index (χ1v) is 8.99. The quantitative estimate of drug-likeness (QED) is 0.681. The Balaban J connectivity index is 1.54. The summed E-state index contributed by atoms with van der Waals surface area (Å²) in [6, 6.07) is 9.65. The van der Waals surface area contributed by atoms with Crippen molar-refractivity contribution in [3.63, 3.8) is 0 Å². The number of likely N-dealkylation sites (tertiary alicyclic amines) is 1. The van der Waals surface area contributed by atoms with Crippen molar-refractivity contribution in [1.29, 1.82) is 0 Å². The molecule has 27 heavy (non-hydrogen) atoms. The Kier molecular flexibility index (Phi) is 4.85. The third kappa shape index (κ3) is 3.55. The predicted octanol–water partition coefficient (Wildman–Crippen LogP) is 3.94. The molecule has 3 heterocycles. The topological polar surface area (TPSA) is 72.1 Å². The summed E-state index contributed by atoms with van der Waals surface area (Å²) < 4.78 is 19.4. The highest BCUT2D eigenvalue weighted by molar-refractivity contribution is 6.33. The molecule has 1 aliphatic rings. The van der Waals surface area contributed by atoms with Gasteiger partial charge < -0.3 is 9.42 Å². The summed E-state index contributed by atoms with van der Waals surface area (Å²) >= 11 is 6.03. The first-order chi connectivity index (χ1) is 13.1. The van der Waals surface area contributed by atoms with Gasteiger partial charge in [0.1, 0.15) is 11.5 Å². The number of hydrogen-bond donors (Lipinski definition) is 0. The van der Waals surface area contributed by atoms with Gasteiger partial charge >= 0.3 is 0 Å². The minimum atomic E-state index is -0.619. The third-order valence-electron chi connectivity index (χ3n) is 4.58. The summed E-state index contributed by atoms with van der Waals surface area (Å²) in [4.78, 5) is 23.0. The van der Waals surface area contributed by atoms with Crippen LogP contribution in [-0.4, -0.2) is 39.0 Å². The number of amides is 1. The lowest BCUT2D eigenvalue weighted by molar-refractivity contribution is 0.0699. The van der Waals surface area contributed by atoms with Crippen molar-refractivity contribution in [2.24, 2.45) is 0 Å². The lowest BCUT2D eigenvalue weighted by atomic mass is 9.96. The molecule has 8 heteroatoms. The zero-order valence-corrected chi connectivity index (χ0v) is 15.1. The zero-order chi connectivity index (χ0) is 18.8. The van der Waals surface area contributed by atoms with Crippen LogP contribution in [0.3, 0.4) is 0 Å². The standard InChI is InChI=1S/C19H16ClFN4O2/c20-13-6-3-7-14(21)16(13)19(26)25-10-4-5-12(11-25)17-23-18(27-24-17)15-8-1-2-9-22-15/h1-3,6-9,12H,4-5,10-11H2/t12-/m1/s1. The van der Waals surface area contributed by atoms with Crippen molar-refractivity contribution in [3.05, 3.63) is 64.8 Å². The summed E-state index contributed by atoms with van der Waals surface area (Å²) in [5.74, 6) is -0.267. The largest absolute Gasteiger partial charge is 0.338 e. The van der Waals surface area contributed by atoms with Gasteiger partial charge in [-0.1, -0.05) is 28.9 Å². The van der Waals surface area contributed by atoms with Crippen molar-refractivity contribution in [2.45, 2.75) is 18.8 Å². The Morgan fingerprint density at radius 2 is 2.15 bits per heavy atom. The molecule has 0 aliphatic carbocycles. The summed E-state index contributed by atoms with van der Waals surface area (Å²) in [7, 11) is 0. The normalized spacial score (nSPS) is 17.1. The van der Waals surface area contributed by atoms with Crippen molar-refractivity contribution in [3.8, 4) is 11.6 Å². The first-order valence-electron chi connectivity index (χ1n) is 8.62. The van der Waals surface area contributed by atoms with E-state index in [0.717, 1.165) is 12.8 Å². The van der Waals surface area contributed by atoms with E-state index in [4.69, 9.17) is 16.1 Å². The number of benzene rings is 1. The Hall–Kier alpha value is -2.80. The second-order valence-electron chi connectivity index (χ2n) is 6.36. The van der Waals surface area contributed by atoms with E-state index in [1.165, 1.54) is 18.2 Å². The SMILES string of the molecule is O=C(c1c(F)cccc1Cl)N1CCC[C@@H](c2noc(-c3ccccn3)n2)C1. The molecule has 1 amide bonds. The van der Waals surface area contributed by atoms with Gasteiger partial charge in [-0.15, -0.1) is 0 Å². The molecule has 1 aromatic carbocycles. The predicted molar refractivity (Wildman–Crippen MR) is 96.8 cm³/mol. The van der Waals surface area contributed by atoms with Crippen molar-refractivity contribution in [2.75, 3.05) is 13.1 Å². The molecule has 4 rings (SSSR count). The maximum absolute atomic E-state index is 14.1. The van der Waals surface area contributed by atoms with Crippen LogP contribution in [0.5, 0.6) is 0 Å². The Bertz CT molecular complexity index is 943. The van der Waals surface area contributed by atoms with Gasteiger partial charge in [0.25, 0.3) is 11.8 Å². The van der Waals surface area contributed by atoms with Crippen LogP contribution in [0.1, 0.15) is 34.9 Å². The summed E-state index contributed by atoms with van der Waals surface area (Å²) in [5, 5.41) is 4.16. The van der Waals surface area contributed by atoms with E-state index in [0.29, 0.717) is 30.5 Å². The van der Waals surface area contributed by atoms with Gasteiger partial charge in [-0.05, 0) is 37.1 Å². The first kappa shape index (κ1) is 17.6. The smallest absolute Gasteiger partial charge is 0.276 e. The fourth-order valence-corrected chi connectivity index (χ4v) is 3.47. The molecule has 3 aromatic rings. The van der Waals surface area contributed by atoms with Gasteiger partial charge in [0.15, 0.2) is 5.82 Å². The average molecular weight is 387 g/mol. The maximum atomic E-state index is 14.1. The molecule has 138 valence electrons.